The lowest BCUT2D eigenvalue weighted by atomic mass is 10.2. The van der Waals surface area contributed by atoms with E-state index in [1.165, 1.54) is 0 Å². The molecule has 1 aromatic heterocycles. The Morgan fingerprint density at radius 2 is 1.87 bits per heavy atom. The zero-order chi connectivity index (χ0) is 16.1. The number of nitrogens with zero attached hydrogens (tertiary/aromatic N) is 2. The number of furan rings is 1. The van der Waals surface area contributed by atoms with E-state index in [9.17, 15) is 4.79 Å². The summed E-state index contributed by atoms with van der Waals surface area (Å²) in [4.78, 5) is 16.6. The Labute approximate surface area is 137 Å². The van der Waals surface area contributed by atoms with Gasteiger partial charge < -0.3 is 14.2 Å². The first-order valence-electron chi connectivity index (χ1n) is 8.33. The van der Waals surface area contributed by atoms with Crippen molar-refractivity contribution in [2.24, 2.45) is 0 Å². The van der Waals surface area contributed by atoms with Crippen LogP contribution >= 0.6 is 0 Å². The summed E-state index contributed by atoms with van der Waals surface area (Å²) in [5.41, 5.74) is 1.07. The fraction of sp³-hybridized carbons (Fsp3) is 0.421. The minimum Gasteiger partial charge on any atom is -0.461 e. The second kappa shape index (κ2) is 7.47. The average Bonchev–Trinajstić information content (AvgIpc) is 2.95. The van der Waals surface area contributed by atoms with Crippen LogP contribution < -0.4 is 0 Å². The summed E-state index contributed by atoms with van der Waals surface area (Å²) < 4.78 is 5.87. The third-order valence-electron chi connectivity index (χ3n) is 4.38. The van der Waals surface area contributed by atoms with E-state index in [4.69, 9.17) is 4.42 Å². The Kier molecular flexibility index (Phi) is 5.13. The Morgan fingerprint density at radius 3 is 2.70 bits per heavy atom. The topological polar surface area (TPSA) is 36.7 Å². The maximum atomic E-state index is 12.4. The lowest BCUT2D eigenvalue weighted by Gasteiger charge is -2.20. The molecule has 0 radical (unpaired) electrons. The van der Waals surface area contributed by atoms with Crippen LogP contribution in [-0.2, 0) is 11.2 Å². The highest BCUT2D eigenvalue weighted by atomic mass is 16.3. The highest BCUT2D eigenvalue weighted by Crippen LogP contribution is 2.22. The van der Waals surface area contributed by atoms with E-state index in [-0.39, 0.29) is 5.91 Å². The average molecular weight is 312 g/mol. The van der Waals surface area contributed by atoms with Crippen LogP contribution in [0.4, 0.5) is 0 Å². The monoisotopic (exact) mass is 312 g/mol. The summed E-state index contributed by atoms with van der Waals surface area (Å²) in [6, 6.07) is 14.0. The summed E-state index contributed by atoms with van der Waals surface area (Å²) >= 11 is 0. The second-order valence-electron chi connectivity index (χ2n) is 6.17. The number of amides is 1. The molecule has 0 bridgehead atoms. The van der Waals surface area contributed by atoms with Gasteiger partial charge in [-0.2, -0.15) is 0 Å². The third kappa shape index (κ3) is 4.23. The fourth-order valence-electron chi connectivity index (χ4n) is 2.95. The van der Waals surface area contributed by atoms with Crippen LogP contribution in [0, 0.1) is 0 Å². The number of rotatable bonds is 4. The van der Waals surface area contributed by atoms with Gasteiger partial charge in [-0.15, -0.1) is 0 Å². The molecule has 23 heavy (non-hydrogen) atoms. The van der Waals surface area contributed by atoms with Crippen LogP contribution in [0.25, 0.3) is 11.3 Å². The van der Waals surface area contributed by atoms with Crippen LogP contribution in [-0.4, -0.2) is 48.9 Å². The first-order chi connectivity index (χ1) is 11.2. The van der Waals surface area contributed by atoms with Crippen molar-refractivity contribution in [1.82, 2.24) is 9.80 Å². The summed E-state index contributed by atoms with van der Waals surface area (Å²) in [7, 11) is 2.11. The van der Waals surface area contributed by atoms with Crippen molar-refractivity contribution in [3.05, 3.63) is 48.2 Å². The van der Waals surface area contributed by atoms with E-state index >= 15 is 0 Å². The Morgan fingerprint density at radius 1 is 1.04 bits per heavy atom. The van der Waals surface area contributed by atoms with Crippen molar-refractivity contribution >= 4 is 5.91 Å². The van der Waals surface area contributed by atoms with Crippen LogP contribution in [0.5, 0.6) is 0 Å². The molecule has 3 rings (SSSR count). The lowest BCUT2D eigenvalue weighted by molar-refractivity contribution is -0.131. The largest absolute Gasteiger partial charge is 0.461 e. The quantitative estimate of drug-likeness (QED) is 0.871. The van der Waals surface area contributed by atoms with Crippen molar-refractivity contribution in [1.29, 1.82) is 0 Å². The molecule has 122 valence electrons. The molecule has 0 spiro atoms. The number of benzene rings is 1. The summed E-state index contributed by atoms with van der Waals surface area (Å²) in [6.45, 7) is 3.74. The van der Waals surface area contributed by atoms with Crippen LogP contribution in [0.3, 0.4) is 0 Å². The number of likely N-dealkylation sites (N-methyl/N-ethyl adjacent to an activating group) is 1. The molecule has 0 N–H and O–H groups in total. The van der Waals surface area contributed by atoms with Crippen molar-refractivity contribution in [2.45, 2.75) is 19.3 Å². The number of hydrogen-bond donors (Lipinski definition) is 0. The number of carbonyl (C=O) groups excluding carboxylic acids is 1. The zero-order valence-corrected chi connectivity index (χ0v) is 13.7. The second-order valence-corrected chi connectivity index (χ2v) is 6.17. The number of aryl methyl sites for hydroxylation is 1. The molecule has 0 atom stereocenters. The Hall–Kier alpha value is -2.07. The highest BCUT2D eigenvalue weighted by molar-refractivity contribution is 5.76. The molecule has 1 amide bonds. The molecule has 4 nitrogen and oxygen atoms in total. The summed E-state index contributed by atoms with van der Waals surface area (Å²) in [5.74, 6) is 1.98. The van der Waals surface area contributed by atoms with E-state index < -0.39 is 0 Å². The Bertz CT molecular complexity index is 636. The van der Waals surface area contributed by atoms with Crippen molar-refractivity contribution < 1.29 is 9.21 Å². The molecular weight excluding hydrogens is 288 g/mol. The molecule has 1 aliphatic rings. The molecule has 1 aromatic carbocycles. The number of hydrogen-bond acceptors (Lipinski definition) is 3. The Balaban J connectivity index is 1.54. The van der Waals surface area contributed by atoms with Crippen LogP contribution in [0.2, 0.25) is 0 Å². The van der Waals surface area contributed by atoms with Gasteiger partial charge in [0.25, 0.3) is 0 Å². The lowest BCUT2D eigenvalue weighted by Crippen LogP contribution is -2.34. The van der Waals surface area contributed by atoms with Gasteiger partial charge in [-0.25, -0.2) is 0 Å². The van der Waals surface area contributed by atoms with E-state index in [1.807, 2.05) is 47.4 Å². The number of carbonyl (C=O) groups is 1. The van der Waals surface area contributed by atoms with Crippen LogP contribution in [0.1, 0.15) is 18.6 Å². The zero-order valence-electron chi connectivity index (χ0n) is 13.7. The standard InChI is InChI=1S/C19H24N2O2/c1-20-12-5-13-21(15-14-20)19(22)11-9-17-8-10-18(23-17)16-6-3-2-4-7-16/h2-4,6-8,10H,5,9,11-15H2,1H3. The molecular formula is C19H24N2O2. The van der Waals surface area contributed by atoms with Gasteiger partial charge in [0.1, 0.15) is 11.5 Å². The first kappa shape index (κ1) is 15.8. The van der Waals surface area contributed by atoms with Crippen LogP contribution in [0.15, 0.2) is 46.9 Å². The molecule has 2 aromatic rings. The SMILES string of the molecule is CN1CCCN(C(=O)CCc2ccc(-c3ccccc3)o2)CC1. The van der Waals surface area contributed by atoms with Gasteiger partial charge in [0.05, 0.1) is 0 Å². The molecule has 0 unspecified atom stereocenters. The summed E-state index contributed by atoms with van der Waals surface area (Å²) in [5, 5.41) is 0. The van der Waals surface area contributed by atoms with Crippen molar-refractivity contribution in [2.75, 3.05) is 33.2 Å². The minimum atomic E-state index is 0.234. The van der Waals surface area contributed by atoms with Gasteiger partial charge >= 0.3 is 0 Å². The molecule has 4 heteroatoms. The first-order valence-corrected chi connectivity index (χ1v) is 8.33. The van der Waals surface area contributed by atoms with Gasteiger partial charge in [0.15, 0.2) is 0 Å². The predicted octanol–water partition coefficient (Wildman–Crippen LogP) is 3.04. The molecule has 1 fully saturated rings. The smallest absolute Gasteiger partial charge is 0.223 e. The third-order valence-corrected chi connectivity index (χ3v) is 4.38. The van der Waals surface area contributed by atoms with E-state index in [2.05, 4.69) is 11.9 Å². The fourth-order valence-corrected chi connectivity index (χ4v) is 2.95. The summed E-state index contributed by atoms with van der Waals surface area (Å²) in [6.07, 6.45) is 2.24. The van der Waals surface area contributed by atoms with E-state index in [0.29, 0.717) is 12.8 Å². The molecule has 1 aliphatic heterocycles. The normalized spacial score (nSPS) is 16.3. The highest BCUT2D eigenvalue weighted by Gasteiger charge is 2.17. The van der Waals surface area contributed by atoms with Gasteiger partial charge in [-0.1, -0.05) is 30.3 Å². The molecule has 0 aliphatic carbocycles. The van der Waals surface area contributed by atoms with Gasteiger partial charge in [-0.05, 0) is 32.1 Å². The minimum absolute atomic E-state index is 0.234. The predicted molar refractivity (Wildman–Crippen MR) is 91.2 cm³/mol. The molecule has 2 heterocycles. The molecule has 1 saturated heterocycles. The van der Waals surface area contributed by atoms with Gasteiger partial charge in [0, 0.05) is 38.0 Å². The maximum Gasteiger partial charge on any atom is 0.223 e. The molecule has 0 saturated carbocycles. The van der Waals surface area contributed by atoms with Gasteiger partial charge in [0.2, 0.25) is 5.91 Å². The van der Waals surface area contributed by atoms with E-state index in [0.717, 1.165) is 49.7 Å². The van der Waals surface area contributed by atoms with Crippen molar-refractivity contribution in [3.8, 4) is 11.3 Å². The van der Waals surface area contributed by atoms with E-state index in [1.54, 1.807) is 0 Å². The van der Waals surface area contributed by atoms with Gasteiger partial charge in [-0.3, -0.25) is 4.79 Å². The maximum absolute atomic E-state index is 12.4. The van der Waals surface area contributed by atoms with Crippen molar-refractivity contribution in [3.63, 3.8) is 0 Å².